The van der Waals surface area contributed by atoms with Gasteiger partial charge in [-0.15, -0.1) is 10.2 Å². The molecule has 5 aromatic rings. The Balaban J connectivity index is 1.41. The lowest BCUT2D eigenvalue weighted by Crippen LogP contribution is -2.46. The van der Waals surface area contributed by atoms with Gasteiger partial charge < -0.3 is 9.73 Å². The molecule has 0 aliphatic heterocycles. The van der Waals surface area contributed by atoms with Gasteiger partial charge in [-0.25, -0.2) is 9.37 Å². The summed E-state index contributed by atoms with van der Waals surface area (Å²) in [5.74, 6) is -1.55. The molecule has 0 aliphatic rings. The van der Waals surface area contributed by atoms with Gasteiger partial charge in [0.15, 0.2) is 0 Å². The van der Waals surface area contributed by atoms with Crippen molar-refractivity contribution in [2.75, 3.05) is 0 Å². The van der Waals surface area contributed by atoms with Gasteiger partial charge in [-0.1, -0.05) is 68.4 Å². The Morgan fingerprint density at radius 2 is 1.62 bits per heavy atom. The molecule has 214 valence electrons. The molecule has 0 saturated carbocycles. The van der Waals surface area contributed by atoms with E-state index in [1.807, 2.05) is 44.2 Å². The van der Waals surface area contributed by atoms with E-state index in [9.17, 15) is 18.8 Å². The molecule has 2 heterocycles. The van der Waals surface area contributed by atoms with Crippen molar-refractivity contribution < 1.29 is 18.4 Å². The number of benzene rings is 3. The number of aromatic nitrogens is 4. The van der Waals surface area contributed by atoms with Crippen LogP contribution in [0.25, 0.3) is 22.3 Å². The molecule has 5 rings (SSSR count). The first kappa shape index (κ1) is 28.5. The number of carbonyl (C=O) groups is 2. The summed E-state index contributed by atoms with van der Waals surface area (Å²) < 4.78 is 20.5. The first-order chi connectivity index (χ1) is 20.1. The van der Waals surface area contributed by atoms with Crippen molar-refractivity contribution in [1.82, 2.24) is 25.1 Å². The normalized spacial score (nSPS) is 12.4. The molecule has 0 saturated heterocycles. The third-order valence-electron chi connectivity index (χ3n) is 7.20. The maximum Gasteiger partial charge on any atom is 0.286 e. The maximum absolute atomic E-state index is 13.5. The summed E-state index contributed by atoms with van der Waals surface area (Å²) in [6.45, 7) is 6.85. The number of halogens is 1. The van der Waals surface area contributed by atoms with E-state index in [-0.39, 0.29) is 35.6 Å². The highest BCUT2D eigenvalue weighted by Crippen LogP contribution is 2.31. The molecule has 10 heteroatoms. The lowest BCUT2D eigenvalue weighted by Gasteiger charge is -2.21. The number of fused-ring (bicyclic) bond motifs is 1. The third-order valence-corrected chi connectivity index (χ3v) is 7.20. The first-order valence-electron chi connectivity index (χ1n) is 13.5. The van der Waals surface area contributed by atoms with Gasteiger partial charge in [-0.2, -0.15) is 0 Å². The smallest absolute Gasteiger partial charge is 0.286 e. The van der Waals surface area contributed by atoms with Crippen molar-refractivity contribution in [2.45, 2.75) is 45.7 Å². The number of hydrogen-bond acceptors (Lipinski definition) is 7. The minimum Gasteiger partial charge on any atom is -0.417 e. The number of carbonyl (C=O) groups excluding carboxylic acids is 2. The zero-order valence-electron chi connectivity index (χ0n) is 23.7. The molecular formula is C32H30FN5O4. The fraction of sp³-hybridized carbons (Fsp3) is 0.250. The van der Waals surface area contributed by atoms with Crippen LogP contribution >= 0.6 is 0 Å². The van der Waals surface area contributed by atoms with E-state index in [0.29, 0.717) is 22.3 Å². The molecule has 1 N–H and O–H groups in total. The Morgan fingerprint density at radius 3 is 2.31 bits per heavy atom. The van der Waals surface area contributed by atoms with Crippen LogP contribution in [-0.4, -0.2) is 37.5 Å². The van der Waals surface area contributed by atoms with Gasteiger partial charge in [0.1, 0.15) is 18.2 Å². The number of nitrogens with one attached hydrogen (secondary N) is 1. The van der Waals surface area contributed by atoms with Gasteiger partial charge in [0.05, 0.1) is 22.4 Å². The average Bonchev–Trinajstić information content (AvgIpc) is 3.49. The van der Waals surface area contributed by atoms with E-state index in [2.05, 4.69) is 20.5 Å². The van der Waals surface area contributed by atoms with Gasteiger partial charge in [0.25, 0.3) is 11.4 Å². The van der Waals surface area contributed by atoms with Crippen molar-refractivity contribution in [1.29, 1.82) is 0 Å². The van der Waals surface area contributed by atoms with Crippen LogP contribution in [-0.2, 0) is 16.8 Å². The molecule has 0 spiro atoms. The van der Waals surface area contributed by atoms with Gasteiger partial charge in [0.2, 0.25) is 17.6 Å². The molecule has 1 atom stereocenters. The second-order valence-electron chi connectivity index (χ2n) is 10.9. The number of amides is 1. The van der Waals surface area contributed by atoms with Crippen molar-refractivity contribution in [3.05, 3.63) is 112 Å². The Labute approximate surface area is 241 Å². The van der Waals surface area contributed by atoms with Gasteiger partial charge in [-0.3, -0.25) is 19.0 Å². The van der Waals surface area contributed by atoms with E-state index in [0.717, 1.165) is 5.56 Å². The number of rotatable bonds is 9. The van der Waals surface area contributed by atoms with Crippen LogP contribution in [0.15, 0.2) is 88.1 Å². The van der Waals surface area contributed by atoms with E-state index < -0.39 is 23.1 Å². The monoisotopic (exact) mass is 567 g/mol. The Morgan fingerprint density at radius 1 is 0.952 bits per heavy atom. The zero-order valence-corrected chi connectivity index (χ0v) is 23.7. The second-order valence-corrected chi connectivity index (χ2v) is 10.9. The van der Waals surface area contributed by atoms with E-state index in [1.165, 1.54) is 16.7 Å². The van der Waals surface area contributed by atoms with Crippen molar-refractivity contribution >= 4 is 22.6 Å². The van der Waals surface area contributed by atoms with Crippen LogP contribution in [0.4, 0.5) is 4.39 Å². The molecule has 0 radical (unpaired) electrons. The van der Waals surface area contributed by atoms with Crippen LogP contribution in [0.5, 0.6) is 0 Å². The summed E-state index contributed by atoms with van der Waals surface area (Å²) in [6.07, 6.45) is 0. The highest BCUT2D eigenvalue weighted by molar-refractivity contribution is 5.98. The standard InChI is InChI=1S/C32H30FN5O4/c1-19(2)26(27(40)29-36-37-31(42-29)32(3,4)21-14-16-22(33)17-15-21)35-25(39)18-38-28(20-10-6-5-7-11-20)34-24-13-9-8-12-23(24)30(38)41/h5-17,19,26H,18H2,1-4H3,(H,35,39)/t26-/m0/s1. The first-order valence-corrected chi connectivity index (χ1v) is 13.5. The molecule has 9 nitrogen and oxygen atoms in total. The van der Waals surface area contributed by atoms with Crippen molar-refractivity contribution in [3.8, 4) is 11.4 Å². The summed E-state index contributed by atoms with van der Waals surface area (Å²) >= 11 is 0. The fourth-order valence-electron chi connectivity index (χ4n) is 4.72. The number of nitrogens with zero attached hydrogens (tertiary/aromatic N) is 4. The number of hydrogen-bond donors (Lipinski definition) is 1. The highest BCUT2D eigenvalue weighted by Gasteiger charge is 2.34. The molecule has 0 bridgehead atoms. The van der Waals surface area contributed by atoms with Crippen LogP contribution in [0, 0.1) is 11.7 Å². The topological polar surface area (TPSA) is 120 Å². The summed E-state index contributed by atoms with van der Waals surface area (Å²) in [6, 6.07) is 21.0. The molecular weight excluding hydrogens is 537 g/mol. The molecule has 0 aliphatic carbocycles. The lowest BCUT2D eigenvalue weighted by atomic mass is 9.84. The quantitative estimate of drug-likeness (QED) is 0.251. The van der Waals surface area contributed by atoms with Gasteiger partial charge in [0, 0.05) is 5.56 Å². The summed E-state index contributed by atoms with van der Waals surface area (Å²) in [7, 11) is 0. The average molecular weight is 568 g/mol. The largest absolute Gasteiger partial charge is 0.417 e. The number of ketones is 1. The Bertz CT molecular complexity index is 1810. The van der Waals surface area contributed by atoms with E-state index in [1.54, 1.807) is 50.2 Å². The molecule has 42 heavy (non-hydrogen) atoms. The minimum absolute atomic E-state index is 0.174. The predicted molar refractivity (Wildman–Crippen MR) is 155 cm³/mol. The van der Waals surface area contributed by atoms with Crippen LogP contribution in [0.3, 0.4) is 0 Å². The highest BCUT2D eigenvalue weighted by atomic mass is 19.1. The van der Waals surface area contributed by atoms with Crippen molar-refractivity contribution in [2.24, 2.45) is 5.92 Å². The Hall–Kier alpha value is -4.99. The van der Waals surface area contributed by atoms with Gasteiger partial charge in [-0.05, 0) is 49.6 Å². The molecule has 1 amide bonds. The van der Waals surface area contributed by atoms with E-state index in [4.69, 9.17) is 4.42 Å². The maximum atomic E-state index is 13.5. The second kappa shape index (κ2) is 11.5. The van der Waals surface area contributed by atoms with Crippen LogP contribution in [0.2, 0.25) is 0 Å². The van der Waals surface area contributed by atoms with Gasteiger partial charge >= 0.3 is 0 Å². The molecule has 3 aromatic carbocycles. The number of Topliss-reactive ketones (excluding diaryl/α,β-unsaturated/α-hetero) is 1. The number of para-hydroxylation sites is 1. The summed E-state index contributed by atoms with van der Waals surface area (Å²) in [5.41, 5.74) is 0.750. The van der Waals surface area contributed by atoms with Crippen LogP contribution in [0.1, 0.15) is 49.8 Å². The summed E-state index contributed by atoms with van der Waals surface area (Å²) in [5, 5.41) is 11.2. The minimum atomic E-state index is -0.996. The Kier molecular flexibility index (Phi) is 7.80. The van der Waals surface area contributed by atoms with Crippen LogP contribution < -0.4 is 10.9 Å². The van der Waals surface area contributed by atoms with E-state index >= 15 is 0 Å². The zero-order chi connectivity index (χ0) is 30.0. The fourth-order valence-corrected chi connectivity index (χ4v) is 4.72. The molecule has 0 fully saturated rings. The van der Waals surface area contributed by atoms with Crippen molar-refractivity contribution in [3.63, 3.8) is 0 Å². The predicted octanol–water partition coefficient (Wildman–Crippen LogP) is 4.94. The SMILES string of the molecule is CC(C)[C@H](NC(=O)Cn1c(-c2ccccc2)nc2ccccc2c1=O)C(=O)c1nnc(C(C)(C)c2ccc(F)cc2)o1. The summed E-state index contributed by atoms with van der Waals surface area (Å²) in [4.78, 5) is 45.0. The molecule has 0 unspecified atom stereocenters. The third kappa shape index (κ3) is 5.60. The lowest BCUT2D eigenvalue weighted by molar-refractivity contribution is -0.122. The molecule has 2 aromatic heterocycles.